The lowest BCUT2D eigenvalue weighted by Gasteiger charge is -2.39. The van der Waals surface area contributed by atoms with Crippen molar-refractivity contribution < 1.29 is 4.74 Å². The van der Waals surface area contributed by atoms with E-state index in [9.17, 15) is 0 Å². The van der Waals surface area contributed by atoms with Crippen LogP contribution in [0.4, 0.5) is 0 Å². The largest absolute Gasteiger partial charge is 0.381 e. The Hall–Kier alpha value is -2.34. The number of nitrogens with one attached hydrogen (secondary N) is 1. The molecule has 0 spiro atoms. The van der Waals surface area contributed by atoms with Crippen LogP contribution < -0.4 is 5.32 Å². The van der Waals surface area contributed by atoms with Gasteiger partial charge >= 0.3 is 0 Å². The molecule has 1 aromatic heterocycles. The van der Waals surface area contributed by atoms with Crippen LogP contribution in [0.2, 0.25) is 0 Å². The molecule has 0 amide bonds. The van der Waals surface area contributed by atoms with Gasteiger partial charge in [-0.1, -0.05) is 30.3 Å². The fraction of sp³-hybridized carbons (Fsp3) is 0.545. The molecule has 2 saturated heterocycles. The third-order valence-corrected chi connectivity index (χ3v) is 6.32. The molecule has 2 aliphatic heterocycles. The molecule has 4 rings (SSSR count). The first-order valence-electron chi connectivity index (χ1n) is 10.3. The lowest BCUT2D eigenvalue weighted by molar-refractivity contribution is 0.0512. The van der Waals surface area contributed by atoms with E-state index < -0.39 is 0 Å². The average molecular weight is 382 g/mol. The van der Waals surface area contributed by atoms with Gasteiger partial charge in [-0.3, -0.25) is 9.67 Å². The van der Waals surface area contributed by atoms with E-state index in [0.717, 1.165) is 58.1 Å². The standard InChI is InChI=1S/C22H31N5O/c1-23-21(27-11-8-18(16-27)19-14-25-26(2)15-19)24-17-22(9-12-28-13-10-22)20-6-4-3-5-7-20/h3-7,14-15,18H,8-13,16-17H2,1-2H3,(H,23,24). The van der Waals surface area contributed by atoms with Crippen molar-refractivity contribution in [2.45, 2.75) is 30.6 Å². The van der Waals surface area contributed by atoms with Crippen molar-refractivity contribution in [3.63, 3.8) is 0 Å². The first kappa shape index (κ1) is 19.0. The highest BCUT2D eigenvalue weighted by atomic mass is 16.5. The maximum atomic E-state index is 5.67. The Balaban J connectivity index is 1.43. The molecule has 28 heavy (non-hydrogen) atoms. The van der Waals surface area contributed by atoms with E-state index in [0.29, 0.717) is 5.92 Å². The molecule has 0 radical (unpaired) electrons. The van der Waals surface area contributed by atoms with E-state index in [2.05, 4.69) is 56.8 Å². The highest BCUT2D eigenvalue weighted by Gasteiger charge is 2.35. The second-order valence-corrected chi connectivity index (χ2v) is 8.04. The minimum Gasteiger partial charge on any atom is -0.381 e. The smallest absolute Gasteiger partial charge is 0.193 e. The number of aryl methyl sites for hydroxylation is 1. The van der Waals surface area contributed by atoms with Crippen molar-refractivity contribution in [2.24, 2.45) is 12.0 Å². The Bertz CT molecular complexity index is 794. The van der Waals surface area contributed by atoms with Gasteiger partial charge < -0.3 is 15.0 Å². The predicted octanol–water partition coefficient (Wildman–Crippen LogP) is 2.53. The van der Waals surface area contributed by atoms with Crippen LogP contribution >= 0.6 is 0 Å². The van der Waals surface area contributed by atoms with Crippen LogP contribution in [0, 0.1) is 0 Å². The molecule has 0 bridgehead atoms. The molecular weight excluding hydrogens is 350 g/mol. The molecule has 2 fully saturated rings. The van der Waals surface area contributed by atoms with Gasteiger partial charge in [-0.15, -0.1) is 0 Å². The van der Waals surface area contributed by atoms with Crippen molar-refractivity contribution in [2.75, 3.05) is 39.9 Å². The van der Waals surface area contributed by atoms with Crippen LogP contribution in [0.3, 0.4) is 0 Å². The third kappa shape index (κ3) is 3.92. The van der Waals surface area contributed by atoms with Gasteiger partial charge in [-0.05, 0) is 30.4 Å². The van der Waals surface area contributed by atoms with E-state index in [1.54, 1.807) is 0 Å². The molecular formula is C22H31N5O. The second kappa shape index (κ2) is 8.35. The highest BCUT2D eigenvalue weighted by Crippen LogP contribution is 2.34. The number of aromatic nitrogens is 2. The van der Waals surface area contributed by atoms with Crippen LogP contribution in [0.25, 0.3) is 0 Å². The van der Waals surface area contributed by atoms with Gasteiger partial charge in [0.05, 0.1) is 6.20 Å². The Morgan fingerprint density at radius 2 is 2.07 bits per heavy atom. The summed E-state index contributed by atoms with van der Waals surface area (Å²) >= 11 is 0. The maximum absolute atomic E-state index is 5.67. The highest BCUT2D eigenvalue weighted by molar-refractivity contribution is 5.80. The minimum atomic E-state index is 0.109. The Morgan fingerprint density at radius 1 is 1.29 bits per heavy atom. The number of likely N-dealkylation sites (tertiary alicyclic amines) is 1. The van der Waals surface area contributed by atoms with Crippen LogP contribution in [-0.2, 0) is 17.2 Å². The first-order valence-corrected chi connectivity index (χ1v) is 10.3. The van der Waals surface area contributed by atoms with Crippen LogP contribution in [0.15, 0.2) is 47.7 Å². The Morgan fingerprint density at radius 3 is 2.75 bits per heavy atom. The summed E-state index contributed by atoms with van der Waals surface area (Å²) < 4.78 is 7.56. The van der Waals surface area contributed by atoms with Crippen molar-refractivity contribution in [1.29, 1.82) is 0 Å². The molecule has 3 heterocycles. The third-order valence-electron chi connectivity index (χ3n) is 6.32. The fourth-order valence-corrected chi connectivity index (χ4v) is 4.58. The summed E-state index contributed by atoms with van der Waals surface area (Å²) in [6, 6.07) is 10.9. The molecule has 1 atom stereocenters. The molecule has 0 saturated carbocycles. The van der Waals surface area contributed by atoms with Gasteiger partial charge in [-0.2, -0.15) is 5.10 Å². The van der Waals surface area contributed by atoms with Gasteiger partial charge in [-0.25, -0.2) is 0 Å². The molecule has 6 nitrogen and oxygen atoms in total. The van der Waals surface area contributed by atoms with Crippen molar-refractivity contribution in [1.82, 2.24) is 20.0 Å². The van der Waals surface area contributed by atoms with Crippen LogP contribution in [0.1, 0.15) is 36.3 Å². The van der Waals surface area contributed by atoms with E-state index in [-0.39, 0.29) is 5.41 Å². The SMILES string of the molecule is CN=C(NCC1(c2ccccc2)CCOCC1)N1CCC(c2cnn(C)c2)C1. The van der Waals surface area contributed by atoms with Gasteiger partial charge in [0.2, 0.25) is 0 Å². The summed E-state index contributed by atoms with van der Waals surface area (Å²) in [6.45, 7) is 4.55. The van der Waals surface area contributed by atoms with Crippen molar-refractivity contribution >= 4 is 5.96 Å². The summed E-state index contributed by atoms with van der Waals surface area (Å²) in [5.41, 5.74) is 2.83. The average Bonchev–Trinajstić information content (AvgIpc) is 3.39. The van der Waals surface area contributed by atoms with E-state index >= 15 is 0 Å². The number of aliphatic imine (C=N–C) groups is 1. The number of ether oxygens (including phenoxy) is 1. The topological polar surface area (TPSA) is 54.7 Å². The zero-order valence-corrected chi connectivity index (χ0v) is 17.0. The molecule has 1 unspecified atom stereocenters. The number of nitrogens with zero attached hydrogens (tertiary/aromatic N) is 4. The number of benzene rings is 1. The Kier molecular flexibility index (Phi) is 5.67. The van der Waals surface area contributed by atoms with Gasteiger partial charge in [0, 0.05) is 64.5 Å². The van der Waals surface area contributed by atoms with E-state index in [4.69, 9.17) is 4.74 Å². The van der Waals surface area contributed by atoms with Crippen LogP contribution in [-0.4, -0.2) is 60.5 Å². The van der Waals surface area contributed by atoms with E-state index in [1.807, 2.05) is 25.0 Å². The van der Waals surface area contributed by atoms with E-state index in [1.165, 1.54) is 11.1 Å². The second-order valence-electron chi connectivity index (χ2n) is 8.04. The number of hydrogen-bond acceptors (Lipinski definition) is 3. The summed E-state index contributed by atoms with van der Waals surface area (Å²) in [4.78, 5) is 6.98. The lowest BCUT2D eigenvalue weighted by atomic mass is 9.74. The first-order chi connectivity index (χ1) is 13.7. The molecule has 6 heteroatoms. The molecule has 1 N–H and O–H groups in total. The zero-order valence-electron chi connectivity index (χ0n) is 17.0. The molecule has 150 valence electrons. The molecule has 2 aliphatic rings. The minimum absolute atomic E-state index is 0.109. The van der Waals surface area contributed by atoms with Gasteiger partial charge in [0.25, 0.3) is 0 Å². The summed E-state index contributed by atoms with van der Waals surface area (Å²) in [7, 11) is 3.87. The maximum Gasteiger partial charge on any atom is 0.193 e. The number of guanidine groups is 1. The number of rotatable bonds is 4. The lowest BCUT2D eigenvalue weighted by Crippen LogP contribution is -2.48. The summed E-state index contributed by atoms with van der Waals surface area (Å²) in [5.74, 6) is 1.53. The molecule has 2 aromatic rings. The summed E-state index contributed by atoms with van der Waals surface area (Å²) in [6.07, 6.45) is 7.36. The molecule has 1 aromatic carbocycles. The van der Waals surface area contributed by atoms with Gasteiger partial charge in [0.1, 0.15) is 0 Å². The van der Waals surface area contributed by atoms with Gasteiger partial charge in [0.15, 0.2) is 5.96 Å². The molecule has 0 aliphatic carbocycles. The quantitative estimate of drug-likeness (QED) is 0.653. The Labute approximate surface area is 167 Å². The van der Waals surface area contributed by atoms with Crippen molar-refractivity contribution in [3.8, 4) is 0 Å². The predicted molar refractivity (Wildman–Crippen MR) is 112 cm³/mol. The normalized spacial score (nSPS) is 22.4. The zero-order chi connectivity index (χ0) is 19.4. The summed E-state index contributed by atoms with van der Waals surface area (Å²) in [5, 5.41) is 8.03. The number of hydrogen-bond donors (Lipinski definition) is 1. The van der Waals surface area contributed by atoms with Crippen molar-refractivity contribution in [3.05, 3.63) is 53.9 Å². The van der Waals surface area contributed by atoms with Crippen LogP contribution in [0.5, 0.6) is 0 Å². The monoisotopic (exact) mass is 381 g/mol. The fourth-order valence-electron chi connectivity index (χ4n) is 4.58.